The second-order valence-corrected chi connectivity index (χ2v) is 15.1. The molecule has 1 N–H and O–H groups in total. The first kappa shape index (κ1) is 31.6. The quantitative estimate of drug-likeness (QED) is 0.387. The molecule has 9 nitrogen and oxygen atoms in total. The molecule has 5 rings (SSSR count). The van der Waals surface area contributed by atoms with Crippen LogP contribution >= 0.6 is 11.6 Å². The van der Waals surface area contributed by atoms with Crippen molar-refractivity contribution in [2.24, 2.45) is 17.8 Å². The molecule has 1 unspecified atom stereocenters. The summed E-state index contributed by atoms with van der Waals surface area (Å²) in [7, 11) is -3.44. The van der Waals surface area contributed by atoms with Crippen molar-refractivity contribution in [2.45, 2.75) is 39.2 Å². The monoisotopic (exact) mass is 629 g/mol. The Morgan fingerprint density at radius 1 is 1.00 bits per heavy atom. The number of anilines is 2. The fourth-order valence-corrected chi connectivity index (χ4v) is 7.14. The van der Waals surface area contributed by atoms with Crippen LogP contribution in [-0.4, -0.2) is 94.7 Å². The zero-order valence-electron chi connectivity index (χ0n) is 25.4. The summed E-state index contributed by atoms with van der Waals surface area (Å²) in [6, 6.07) is 14.3. The fourth-order valence-electron chi connectivity index (χ4n) is 6.02. The Hall–Kier alpha value is -2.82. The molecule has 0 aromatic heterocycles. The van der Waals surface area contributed by atoms with Gasteiger partial charge in [0.15, 0.2) is 0 Å². The number of para-hydroxylation sites is 2. The predicted molar refractivity (Wildman–Crippen MR) is 172 cm³/mol. The van der Waals surface area contributed by atoms with E-state index in [0.717, 1.165) is 43.7 Å². The Kier molecular flexibility index (Phi) is 9.88. The lowest BCUT2D eigenvalue weighted by Crippen LogP contribution is -2.59. The first-order valence-electron chi connectivity index (χ1n) is 15.4. The van der Waals surface area contributed by atoms with Crippen LogP contribution in [0.5, 0.6) is 0 Å². The minimum atomic E-state index is -3.44. The van der Waals surface area contributed by atoms with Gasteiger partial charge >= 0.3 is 0 Å². The molecule has 3 fully saturated rings. The number of halogens is 1. The molecular weight excluding hydrogens is 586 g/mol. The van der Waals surface area contributed by atoms with Gasteiger partial charge in [0.1, 0.15) is 6.04 Å². The van der Waals surface area contributed by atoms with Gasteiger partial charge in [-0.2, -0.15) is 0 Å². The number of likely N-dealkylation sites (tertiary alicyclic amines) is 1. The van der Waals surface area contributed by atoms with Crippen molar-refractivity contribution in [3.8, 4) is 0 Å². The molecule has 2 aromatic carbocycles. The molecule has 0 spiro atoms. The molecule has 1 atom stereocenters. The lowest BCUT2D eigenvalue weighted by Gasteiger charge is -2.41. The van der Waals surface area contributed by atoms with Gasteiger partial charge in [-0.05, 0) is 54.5 Å². The number of carbonyl (C=O) groups is 2. The van der Waals surface area contributed by atoms with Crippen molar-refractivity contribution in [3.05, 3.63) is 59.1 Å². The number of rotatable bonds is 12. The highest BCUT2D eigenvalue weighted by molar-refractivity contribution is 7.92. The van der Waals surface area contributed by atoms with Crippen LogP contribution in [0.3, 0.4) is 0 Å². The highest BCUT2D eigenvalue weighted by atomic mass is 35.5. The van der Waals surface area contributed by atoms with Gasteiger partial charge in [0.2, 0.25) is 21.8 Å². The van der Waals surface area contributed by atoms with Crippen molar-refractivity contribution >= 4 is 44.8 Å². The average Bonchev–Trinajstić information content (AvgIpc) is 3.78. The van der Waals surface area contributed by atoms with E-state index in [1.807, 2.05) is 41.3 Å². The van der Waals surface area contributed by atoms with Crippen molar-refractivity contribution in [1.82, 2.24) is 15.1 Å². The first-order chi connectivity index (χ1) is 20.5. The van der Waals surface area contributed by atoms with E-state index in [1.54, 1.807) is 12.1 Å². The molecule has 2 aliphatic heterocycles. The normalized spacial score (nSPS) is 18.8. The third-order valence-electron chi connectivity index (χ3n) is 8.52. The molecule has 234 valence electrons. The summed E-state index contributed by atoms with van der Waals surface area (Å²) >= 11 is 6.09. The van der Waals surface area contributed by atoms with Gasteiger partial charge in [0.05, 0.1) is 23.5 Å². The Labute approximate surface area is 261 Å². The van der Waals surface area contributed by atoms with Crippen molar-refractivity contribution < 1.29 is 18.0 Å². The second kappa shape index (κ2) is 13.4. The lowest BCUT2D eigenvalue weighted by atomic mass is 9.96. The third kappa shape index (κ3) is 8.22. The molecule has 0 bridgehead atoms. The van der Waals surface area contributed by atoms with Gasteiger partial charge in [-0.1, -0.05) is 49.7 Å². The maximum atomic E-state index is 13.9. The second-order valence-electron chi connectivity index (χ2n) is 12.7. The maximum Gasteiger partial charge on any atom is 0.245 e. The number of hydrogen-bond acceptors (Lipinski definition) is 6. The van der Waals surface area contributed by atoms with E-state index in [9.17, 15) is 18.0 Å². The molecule has 2 saturated heterocycles. The fraction of sp³-hybridized carbons (Fsp3) is 0.562. The van der Waals surface area contributed by atoms with E-state index < -0.39 is 16.1 Å². The van der Waals surface area contributed by atoms with Crippen LogP contribution in [0.25, 0.3) is 0 Å². The van der Waals surface area contributed by atoms with Crippen LogP contribution < -0.4 is 14.5 Å². The molecule has 2 amide bonds. The van der Waals surface area contributed by atoms with Gasteiger partial charge < -0.3 is 20.0 Å². The van der Waals surface area contributed by atoms with Gasteiger partial charge in [-0.3, -0.25) is 13.9 Å². The van der Waals surface area contributed by atoms with Gasteiger partial charge in [0, 0.05) is 63.8 Å². The summed E-state index contributed by atoms with van der Waals surface area (Å²) in [5.74, 6) is 0.670. The van der Waals surface area contributed by atoms with Crippen LogP contribution in [0.2, 0.25) is 5.02 Å². The van der Waals surface area contributed by atoms with Crippen LogP contribution in [0, 0.1) is 17.8 Å². The molecule has 11 heteroatoms. The minimum Gasteiger partial charge on any atom is -0.366 e. The first-order valence-corrected chi connectivity index (χ1v) is 17.6. The van der Waals surface area contributed by atoms with Gasteiger partial charge in [0.25, 0.3) is 0 Å². The number of piperazine rings is 1. The molecule has 2 heterocycles. The number of nitrogens with one attached hydrogen (secondary N) is 1. The average molecular weight is 630 g/mol. The highest BCUT2D eigenvalue weighted by Crippen LogP contribution is 2.37. The van der Waals surface area contributed by atoms with E-state index in [-0.39, 0.29) is 17.7 Å². The van der Waals surface area contributed by atoms with Crippen LogP contribution in [-0.2, 0) is 26.0 Å². The molecule has 1 saturated carbocycles. The number of carbonyl (C=O) groups excluding carboxylic acids is 2. The summed E-state index contributed by atoms with van der Waals surface area (Å²) in [4.78, 5) is 33.4. The molecular formula is C32H44ClN5O4S. The van der Waals surface area contributed by atoms with Crippen LogP contribution in [0.4, 0.5) is 11.4 Å². The largest absolute Gasteiger partial charge is 0.366 e. The number of hydrogen-bond donors (Lipinski definition) is 1. The number of benzene rings is 2. The standard InChI is InChI=1S/C32H44ClN5O4S/c1-23(2)19-35-21-26(22-35)31(39)34-28(18-24-10-12-27(33)13-11-24)32(40)37-16-14-36(15-17-37)29-6-4-5-7-30(29)38(43(3,41)42)20-25-8-9-25/h4-7,10-13,23,25-26,28H,8-9,14-22H2,1-3H3,(H,34,39). The van der Waals surface area contributed by atoms with Crippen molar-refractivity contribution in [2.75, 3.05) is 67.8 Å². The summed E-state index contributed by atoms with van der Waals surface area (Å²) in [6.45, 7) is 9.33. The van der Waals surface area contributed by atoms with E-state index in [2.05, 4.69) is 29.0 Å². The van der Waals surface area contributed by atoms with Gasteiger partial charge in [-0.25, -0.2) is 8.42 Å². The third-order valence-corrected chi connectivity index (χ3v) is 9.92. The molecule has 3 aliphatic rings. The zero-order chi connectivity index (χ0) is 30.7. The minimum absolute atomic E-state index is 0.0728. The SMILES string of the molecule is CC(C)CN1CC(C(=O)NC(Cc2ccc(Cl)cc2)C(=O)N2CCN(c3ccccc3N(CC3CC3)S(C)(=O)=O)CC2)C1. The van der Waals surface area contributed by atoms with Crippen molar-refractivity contribution in [3.63, 3.8) is 0 Å². The number of nitrogens with zero attached hydrogens (tertiary/aromatic N) is 4. The Bertz CT molecular complexity index is 1380. The van der Waals surface area contributed by atoms with E-state index in [4.69, 9.17) is 11.6 Å². The van der Waals surface area contributed by atoms with E-state index >= 15 is 0 Å². The Balaban J connectivity index is 1.26. The summed E-state index contributed by atoms with van der Waals surface area (Å²) in [6.07, 6.45) is 3.76. The van der Waals surface area contributed by atoms with Crippen LogP contribution in [0.1, 0.15) is 32.3 Å². The number of amides is 2. The molecule has 1 aliphatic carbocycles. The summed E-state index contributed by atoms with van der Waals surface area (Å²) < 4.78 is 27.0. The molecule has 43 heavy (non-hydrogen) atoms. The zero-order valence-corrected chi connectivity index (χ0v) is 27.0. The molecule has 2 aromatic rings. The smallest absolute Gasteiger partial charge is 0.245 e. The molecule has 0 radical (unpaired) electrons. The van der Waals surface area contributed by atoms with E-state index in [0.29, 0.717) is 61.7 Å². The summed E-state index contributed by atoms with van der Waals surface area (Å²) in [5.41, 5.74) is 2.49. The maximum absolute atomic E-state index is 13.9. The number of sulfonamides is 1. The van der Waals surface area contributed by atoms with Gasteiger partial charge in [-0.15, -0.1) is 0 Å². The lowest BCUT2D eigenvalue weighted by molar-refractivity contribution is -0.139. The Morgan fingerprint density at radius 2 is 1.65 bits per heavy atom. The van der Waals surface area contributed by atoms with Crippen molar-refractivity contribution in [1.29, 1.82) is 0 Å². The highest BCUT2D eigenvalue weighted by Gasteiger charge is 2.37. The topological polar surface area (TPSA) is 93.3 Å². The summed E-state index contributed by atoms with van der Waals surface area (Å²) in [5, 5.41) is 3.71. The van der Waals surface area contributed by atoms with Crippen LogP contribution in [0.15, 0.2) is 48.5 Å². The van der Waals surface area contributed by atoms with E-state index in [1.165, 1.54) is 10.6 Å². The Morgan fingerprint density at radius 3 is 2.26 bits per heavy atom. The predicted octanol–water partition coefficient (Wildman–Crippen LogP) is 3.48.